The van der Waals surface area contributed by atoms with E-state index in [1.807, 2.05) is 30.6 Å². The molecule has 2 aliphatic rings. The smallest absolute Gasteiger partial charge is 0.223 e. The summed E-state index contributed by atoms with van der Waals surface area (Å²) in [5.74, 6) is 0.860. The summed E-state index contributed by atoms with van der Waals surface area (Å²) in [5, 5.41) is 4.09. The average Bonchev–Trinajstić information content (AvgIpc) is 2.51. The number of rotatable bonds is 2. The molecule has 1 fully saturated rings. The van der Waals surface area contributed by atoms with E-state index in [2.05, 4.69) is 25.1 Å². The molecule has 106 valence electrons. The maximum absolute atomic E-state index is 5.89. The molecule has 0 aromatic heterocycles. The Bertz CT molecular complexity index is 505. The van der Waals surface area contributed by atoms with Gasteiger partial charge in [-0.25, -0.2) is 9.98 Å². The van der Waals surface area contributed by atoms with Crippen LogP contribution in [0.25, 0.3) is 0 Å². The van der Waals surface area contributed by atoms with Crippen LogP contribution in [0.15, 0.2) is 34.3 Å². The molecule has 0 aliphatic carbocycles. The van der Waals surface area contributed by atoms with Gasteiger partial charge in [-0.15, -0.1) is 0 Å². The Labute approximate surface area is 124 Å². The Hall–Kier alpha value is -1.59. The Balaban J connectivity index is 1.56. The first kappa shape index (κ1) is 13.4. The molecule has 0 unspecified atom stereocenters. The van der Waals surface area contributed by atoms with Gasteiger partial charge in [0.05, 0.1) is 6.34 Å². The van der Waals surface area contributed by atoms with Crippen molar-refractivity contribution in [1.82, 2.24) is 15.1 Å². The first-order valence-electron chi connectivity index (χ1n) is 6.84. The number of nitrogens with zero attached hydrogens (tertiary/aromatic N) is 4. The van der Waals surface area contributed by atoms with Crippen molar-refractivity contribution in [1.29, 1.82) is 0 Å². The highest BCUT2D eigenvalue weighted by molar-refractivity contribution is 6.30. The van der Waals surface area contributed by atoms with Crippen molar-refractivity contribution in [2.45, 2.75) is 6.54 Å². The molecule has 1 aromatic rings. The van der Waals surface area contributed by atoms with E-state index in [0.29, 0.717) is 6.67 Å². The van der Waals surface area contributed by atoms with Crippen molar-refractivity contribution in [3.05, 3.63) is 34.9 Å². The summed E-state index contributed by atoms with van der Waals surface area (Å²) < 4.78 is 0. The number of benzene rings is 1. The number of hydrogen-bond donors (Lipinski definition) is 1. The van der Waals surface area contributed by atoms with Crippen LogP contribution in [0.5, 0.6) is 0 Å². The van der Waals surface area contributed by atoms with Gasteiger partial charge in [-0.1, -0.05) is 23.7 Å². The van der Waals surface area contributed by atoms with E-state index in [-0.39, 0.29) is 0 Å². The maximum Gasteiger partial charge on any atom is 0.223 e. The van der Waals surface area contributed by atoms with Gasteiger partial charge in [0, 0.05) is 37.7 Å². The zero-order valence-electron chi connectivity index (χ0n) is 11.3. The number of guanidine groups is 1. The third kappa shape index (κ3) is 3.29. The lowest BCUT2D eigenvalue weighted by Crippen LogP contribution is -2.47. The van der Waals surface area contributed by atoms with Gasteiger partial charge in [0.15, 0.2) is 0 Å². The second kappa shape index (κ2) is 6.24. The standard InChI is InChI=1S/C14H18ClN5/c15-13-3-1-12(2-4-13)9-19-10-17-14(18-11-19)20-7-5-16-6-8-20/h1-4,10,16H,5-9,11H2. The van der Waals surface area contributed by atoms with Gasteiger partial charge >= 0.3 is 0 Å². The van der Waals surface area contributed by atoms with E-state index in [1.165, 1.54) is 5.56 Å². The van der Waals surface area contributed by atoms with E-state index in [1.54, 1.807) is 0 Å². The normalized spacial score (nSPS) is 19.1. The fraction of sp³-hybridized carbons (Fsp3) is 0.429. The summed E-state index contributed by atoms with van der Waals surface area (Å²) in [6.07, 6.45) is 1.89. The molecule has 0 spiro atoms. The van der Waals surface area contributed by atoms with Crippen LogP contribution in [0, 0.1) is 0 Å². The minimum absolute atomic E-state index is 0.658. The molecule has 1 N–H and O–H groups in total. The van der Waals surface area contributed by atoms with Gasteiger partial charge in [-0.2, -0.15) is 0 Å². The molecule has 3 rings (SSSR count). The molecule has 6 heteroatoms. The highest BCUT2D eigenvalue weighted by Gasteiger charge is 2.16. The molecule has 0 radical (unpaired) electrons. The lowest BCUT2D eigenvalue weighted by Gasteiger charge is -2.30. The maximum atomic E-state index is 5.89. The Morgan fingerprint density at radius 3 is 2.55 bits per heavy atom. The minimum Gasteiger partial charge on any atom is -0.339 e. The largest absolute Gasteiger partial charge is 0.339 e. The van der Waals surface area contributed by atoms with Gasteiger partial charge in [-0.3, -0.25) is 0 Å². The fourth-order valence-corrected chi connectivity index (χ4v) is 2.45. The third-order valence-corrected chi connectivity index (χ3v) is 3.68. The van der Waals surface area contributed by atoms with Crippen LogP contribution in [-0.4, -0.2) is 54.9 Å². The lowest BCUT2D eigenvalue weighted by atomic mass is 10.2. The lowest BCUT2D eigenvalue weighted by molar-refractivity contribution is 0.344. The highest BCUT2D eigenvalue weighted by atomic mass is 35.5. The molecule has 0 bridgehead atoms. The van der Waals surface area contributed by atoms with Crippen LogP contribution in [-0.2, 0) is 6.54 Å². The summed E-state index contributed by atoms with van der Waals surface area (Å²) in [4.78, 5) is 13.4. The zero-order chi connectivity index (χ0) is 13.8. The number of hydrogen-bond acceptors (Lipinski definition) is 5. The molecule has 0 saturated carbocycles. The van der Waals surface area contributed by atoms with Crippen molar-refractivity contribution in [2.75, 3.05) is 32.8 Å². The van der Waals surface area contributed by atoms with Crippen molar-refractivity contribution >= 4 is 23.9 Å². The van der Waals surface area contributed by atoms with Gasteiger partial charge in [0.2, 0.25) is 5.96 Å². The number of halogens is 1. The van der Waals surface area contributed by atoms with Crippen LogP contribution >= 0.6 is 11.6 Å². The summed E-state index contributed by atoms with van der Waals surface area (Å²) in [5.41, 5.74) is 1.21. The average molecular weight is 292 g/mol. The van der Waals surface area contributed by atoms with Crippen LogP contribution < -0.4 is 5.32 Å². The number of aliphatic imine (C=N–C) groups is 2. The van der Waals surface area contributed by atoms with Crippen molar-refractivity contribution in [2.24, 2.45) is 9.98 Å². The molecule has 0 amide bonds. The zero-order valence-corrected chi connectivity index (χ0v) is 12.1. The summed E-state index contributed by atoms with van der Waals surface area (Å²) >= 11 is 5.89. The van der Waals surface area contributed by atoms with E-state index in [9.17, 15) is 0 Å². The summed E-state index contributed by atoms with van der Waals surface area (Å²) in [7, 11) is 0. The third-order valence-electron chi connectivity index (χ3n) is 3.43. The predicted octanol–water partition coefficient (Wildman–Crippen LogP) is 1.40. The topological polar surface area (TPSA) is 43.2 Å². The van der Waals surface area contributed by atoms with E-state index in [4.69, 9.17) is 11.6 Å². The Kier molecular flexibility index (Phi) is 4.18. The van der Waals surface area contributed by atoms with Crippen LogP contribution in [0.3, 0.4) is 0 Å². The van der Waals surface area contributed by atoms with E-state index >= 15 is 0 Å². The molecular formula is C14H18ClN5. The monoisotopic (exact) mass is 291 g/mol. The van der Waals surface area contributed by atoms with Crippen LogP contribution in [0.4, 0.5) is 0 Å². The van der Waals surface area contributed by atoms with Gasteiger partial charge in [0.25, 0.3) is 0 Å². The van der Waals surface area contributed by atoms with Gasteiger partial charge in [-0.05, 0) is 17.7 Å². The van der Waals surface area contributed by atoms with Crippen molar-refractivity contribution in [3.8, 4) is 0 Å². The molecule has 0 atom stereocenters. The first-order chi connectivity index (χ1) is 9.81. The Morgan fingerprint density at radius 2 is 1.90 bits per heavy atom. The van der Waals surface area contributed by atoms with E-state index < -0.39 is 0 Å². The second-order valence-electron chi connectivity index (χ2n) is 4.95. The Morgan fingerprint density at radius 1 is 1.15 bits per heavy atom. The molecular weight excluding hydrogens is 274 g/mol. The molecule has 1 saturated heterocycles. The SMILES string of the molecule is Clc1ccc(CN2C=NC(N3CCNCC3)=NC2)cc1. The second-order valence-corrected chi connectivity index (χ2v) is 5.39. The van der Waals surface area contributed by atoms with Crippen molar-refractivity contribution < 1.29 is 0 Å². The van der Waals surface area contributed by atoms with Gasteiger partial charge in [0.1, 0.15) is 6.67 Å². The molecule has 2 aliphatic heterocycles. The highest BCUT2D eigenvalue weighted by Crippen LogP contribution is 2.12. The fourth-order valence-electron chi connectivity index (χ4n) is 2.33. The molecule has 1 aromatic carbocycles. The quantitative estimate of drug-likeness (QED) is 0.896. The van der Waals surface area contributed by atoms with Crippen LogP contribution in [0.1, 0.15) is 5.56 Å². The van der Waals surface area contributed by atoms with Crippen molar-refractivity contribution in [3.63, 3.8) is 0 Å². The number of piperazine rings is 1. The summed E-state index contributed by atoms with van der Waals surface area (Å²) in [6, 6.07) is 7.89. The predicted molar refractivity (Wildman–Crippen MR) is 82.2 cm³/mol. The molecule has 20 heavy (non-hydrogen) atoms. The summed E-state index contributed by atoms with van der Waals surface area (Å²) in [6.45, 7) is 5.43. The van der Waals surface area contributed by atoms with Gasteiger partial charge < -0.3 is 15.1 Å². The number of nitrogens with one attached hydrogen (secondary N) is 1. The first-order valence-corrected chi connectivity index (χ1v) is 7.22. The van der Waals surface area contributed by atoms with Crippen LogP contribution in [0.2, 0.25) is 5.02 Å². The minimum atomic E-state index is 0.658. The molecule has 2 heterocycles. The van der Waals surface area contributed by atoms with E-state index in [0.717, 1.165) is 43.7 Å². The molecule has 5 nitrogen and oxygen atoms in total.